The number of aryl methyl sites for hydroxylation is 1. The molecule has 7 nitrogen and oxygen atoms in total. The maximum Gasteiger partial charge on any atom is 0.326 e. The second kappa shape index (κ2) is 7.22. The number of aromatic nitrogens is 1. The second-order valence-electron chi connectivity index (χ2n) is 4.16. The lowest BCUT2D eigenvalue weighted by molar-refractivity contribution is -0.142. The molecule has 0 aliphatic rings. The molecule has 1 aromatic heterocycles. The first kappa shape index (κ1) is 15.6. The van der Waals surface area contributed by atoms with Crippen molar-refractivity contribution in [2.24, 2.45) is 0 Å². The van der Waals surface area contributed by atoms with E-state index in [2.05, 4.69) is 15.0 Å². The molecule has 1 atom stereocenters. The topological polar surface area (TPSA) is 106 Å². The van der Waals surface area contributed by atoms with Gasteiger partial charge in [-0.1, -0.05) is 0 Å². The van der Waals surface area contributed by atoms with Crippen LogP contribution in [0.3, 0.4) is 0 Å². The van der Waals surface area contributed by atoms with Crippen molar-refractivity contribution in [2.75, 3.05) is 7.11 Å². The van der Waals surface area contributed by atoms with Crippen LogP contribution in [0.25, 0.3) is 0 Å². The van der Waals surface area contributed by atoms with Gasteiger partial charge in [-0.05, 0) is 25.5 Å². The van der Waals surface area contributed by atoms with Gasteiger partial charge in [0, 0.05) is 23.9 Å². The highest BCUT2D eigenvalue weighted by atomic mass is 16.5. The number of amides is 1. The molecule has 7 heteroatoms. The number of nitrogens with zero attached hydrogens (tertiary/aromatic N) is 1. The van der Waals surface area contributed by atoms with Gasteiger partial charge in [0.05, 0.1) is 7.11 Å². The highest BCUT2D eigenvalue weighted by Gasteiger charge is 2.21. The zero-order valence-electron chi connectivity index (χ0n) is 11.3. The van der Waals surface area contributed by atoms with E-state index in [4.69, 9.17) is 5.11 Å². The summed E-state index contributed by atoms with van der Waals surface area (Å²) in [7, 11) is 1.22. The quantitative estimate of drug-likeness (QED) is 0.736. The molecule has 0 aliphatic carbocycles. The first-order valence-electron chi connectivity index (χ1n) is 5.97. The number of carboxylic acids is 1. The van der Waals surface area contributed by atoms with Crippen LogP contribution in [0.15, 0.2) is 18.3 Å². The molecular formula is C13H16N2O5. The maximum absolute atomic E-state index is 11.9. The fourth-order valence-corrected chi connectivity index (χ4v) is 1.55. The minimum absolute atomic E-state index is 0.0299. The number of hydrogen-bond donors (Lipinski definition) is 2. The summed E-state index contributed by atoms with van der Waals surface area (Å²) < 4.78 is 4.43. The fraction of sp³-hybridized carbons (Fsp3) is 0.385. The summed E-state index contributed by atoms with van der Waals surface area (Å²) in [6, 6.07) is 1.89. The number of nitrogens with one attached hydrogen (secondary N) is 1. The number of carbonyl (C=O) groups is 3. The standard InChI is InChI=1S/C13H16N2O5/c1-8-7-9(5-6-14-8)12(17)15-10(13(18)19)3-4-11(16)20-2/h5-7,10H,3-4H2,1-2H3,(H,15,17)(H,18,19)/t10-/m0/s1. The van der Waals surface area contributed by atoms with Gasteiger partial charge in [-0.2, -0.15) is 0 Å². The molecular weight excluding hydrogens is 264 g/mol. The van der Waals surface area contributed by atoms with Crippen LogP contribution in [0, 0.1) is 6.92 Å². The average molecular weight is 280 g/mol. The molecule has 0 aromatic carbocycles. The van der Waals surface area contributed by atoms with Gasteiger partial charge in [0.15, 0.2) is 0 Å². The van der Waals surface area contributed by atoms with Crippen LogP contribution in [0.5, 0.6) is 0 Å². The van der Waals surface area contributed by atoms with E-state index in [1.807, 2.05) is 0 Å². The van der Waals surface area contributed by atoms with Gasteiger partial charge in [0.25, 0.3) is 5.91 Å². The van der Waals surface area contributed by atoms with Gasteiger partial charge in [-0.25, -0.2) is 4.79 Å². The van der Waals surface area contributed by atoms with Gasteiger partial charge < -0.3 is 15.2 Å². The molecule has 20 heavy (non-hydrogen) atoms. The fourth-order valence-electron chi connectivity index (χ4n) is 1.55. The molecule has 0 spiro atoms. The number of aliphatic carboxylic acids is 1. The van der Waals surface area contributed by atoms with Crippen LogP contribution < -0.4 is 5.32 Å². The number of pyridine rings is 1. The molecule has 1 rings (SSSR count). The third-order valence-electron chi connectivity index (χ3n) is 2.63. The van der Waals surface area contributed by atoms with Crippen LogP contribution >= 0.6 is 0 Å². The van der Waals surface area contributed by atoms with E-state index in [9.17, 15) is 14.4 Å². The van der Waals surface area contributed by atoms with Crippen molar-refractivity contribution >= 4 is 17.8 Å². The Morgan fingerprint density at radius 1 is 1.45 bits per heavy atom. The summed E-state index contributed by atoms with van der Waals surface area (Å²) in [6.07, 6.45) is 1.36. The summed E-state index contributed by atoms with van der Waals surface area (Å²) in [4.78, 5) is 37.9. The lowest BCUT2D eigenvalue weighted by atomic mass is 10.1. The van der Waals surface area contributed by atoms with Crippen molar-refractivity contribution in [2.45, 2.75) is 25.8 Å². The number of hydrogen-bond acceptors (Lipinski definition) is 5. The van der Waals surface area contributed by atoms with Crippen molar-refractivity contribution in [3.05, 3.63) is 29.6 Å². The SMILES string of the molecule is COC(=O)CC[C@H](NC(=O)c1ccnc(C)c1)C(=O)O. The highest BCUT2D eigenvalue weighted by molar-refractivity contribution is 5.96. The molecule has 0 bridgehead atoms. The second-order valence-corrected chi connectivity index (χ2v) is 4.16. The Labute approximate surface area is 116 Å². The van der Waals surface area contributed by atoms with Gasteiger partial charge in [-0.3, -0.25) is 14.6 Å². The Morgan fingerprint density at radius 3 is 2.70 bits per heavy atom. The third kappa shape index (κ3) is 4.68. The number of rotatable bonds is 6. The molecule has 0 unspecified atom stereocenters. The maximum atomic E-state index is 11.9. The van der Waals surface area contributed by atoms with Crippen LogP contribution in [0.4, 0.5) is 0 Å². The van der Waals surface area contributed by atoms with Crippen LogP contribution in [-0.2, 0) is 14.3 Å². The van der Waals surface area contributed by atoms with Crippen LogP contribution in [0.1, 0.15) is 28.9 Å². The lowest BCUT2D eigenvalue weighted by Crippen LogP contribution is -2.41. The number of carboxylic acid groups (broad SMARTS) is 1. The number of esters is 1. The summed E-state index contributed by atoms with van der Waals surface area (Å²) in [5.41, 5.74) is 0.973. The van der Waals surface area contributed by atoms with E-state index in [-0.39, 0.29) is 12.8 Å². The van der Waals surface area contributed by atoms with E-state index >= 15 is 0 Å². The molecule has 0 radical (unpaired) electrons. The molecule has 1 aromatic rings. The smallest absolute Gasteiger partial charge is 0.326 e. The van der Waals surface area contributed by atoms with Crippen molar-refractivity contribution in [3.8, 4) is 0 Å². The third-order valence-corrected chi connectivity index (χ3v) is 2.63. The summed E-state index contributed by atoms with van der Waals surface area (Å²) in [5, 5.41) is 11.4. The Bertz CT molecular complexity index is 515. The predicted octanol–water partition coefficient (Wildman–Crippen LogP) is 0.526. The zero-order chi connectivity index (χ0) is 15.1. The Morgan fingerprint density at radius 2 is 2.15 bits per heavy atom. The molecule has 0 fully saturated rings. The molecule has 0 saturated heterocycles. The summed E-state index contributed by atoms with van der Waals surface area (Å²) in [5.74, 6) is -2.24. The first-order chi connectivity index (χ1) is 9.43. The highest BCUT2D eigenvalue weighted by Crippen LogP contribution is 2.04. The van der Waals surface area contributed by atoms with Crippen molar-refractivity contribution < 1.29 is 24.2 Å². The Balaban J connectivity index is 2.68. The van der Waals surface area contributed by atoms with E-state index in [1.165, 1.54) is 19.4 Å². The lowest BCUT2D eigenvalue weighted by Gasteiger charge is -2.14. The molecule has 0 aliphatic heterocycles. The first-order valence-corrected chi connectivity index (χ1v) is 5.97. The van der Waals surface area contributed by atoms with E-state index < -0.39 is 23.9 Å². The van der Waals surface area contributed by atoms with Gasteiger partial charge in [0.2, 0.25) is 0 Å². The van der Waals surface area contributed by atoms with Crippen molar-refractivity contribution in [3.63, 3.8) is 0 Å². The van der Waals surface area contributed by atoms with Crippen LogP contribution in [-0.4, -0.2) is 41.1 Å². The molecule has 1 heterocycles. The molecule has 2 N–H and O–H groups in total. The largest absolute Gasteiger partial charge is 0.480 e. The Hall–Kier alpha value is -2.44. The van der Waals surface area contributed by atoms with Gasteiger partial charge >= 0.3 is 11.9 Å². The minimum Gasteiger partial charge on any atom is -0.480 e. The molecule has 0 saturated carbocycles. The van der Waals surface area contributed by atoms with E-state index in [1.54, 1.807) is 13.0 Å². The predicted molar refractivity (Wildman–Crippen MR) is 69.1 cm³/mol. The zero-order valence-corrected chi connectivity index (χ0v) is 11.3. The van der Waals surface area contributed by atoms with Crippen LogP contribution in [0.2, 0.25) is 0 Å². The Kier molecular flexibility index (Phi) is 5.64. The molecule has 1 amide bonds. The summed E-state index contributed by atoms with van der Waals surface area (Å²) >= 11 is 0. The van der Waals surface area contributed by atoms with E-state index in [0.717, 1.165) is 0 Å². The molecule has 108 valence electrons. The monoisotopic (exact) mass is 280 g/mol. The normalized spacial score (nSPS) is 11.5. The number of ether oxygens (including phenoxy) is 1. The van der Waals surface area contributed by atoms with Crippen molar-refractivity contribution in [1.29, 1.82) is 0 Å². The number of methoxy groups -OCH3 is 1. The van der Waals surface area contributed by atoms with Gasteiger partial charge in [-0.15, -0.1) is 0 Å². The van der Waals surface area contributed by atoms with Gasteiger partial charge in [0.1, 0.15) is 6.04 Å². The average Bonchev–Trinajstić information content (AvgIpc) is 2.42. The minimum atomic E-state index is -1.20. The van der Waals surface area contributed by atoms with Crippen molar-refractivity contribution in [1.82, 2.24) is 10.3 Å². The number of carbonyl (C=O) groups excluding carboxylic acids is 2. The van der Waals surface area contributed by atoms with E-state index in [0.29, 0.717) is 11.3 Å². The summed E-state index contributed by atoms with van der Waals surface area (Å²) in [6.45, 7) is 1.72.